The first-order valence-corrected chi connectivity index (χ1v) is 9.97. The van der Waals surface area contributed by atoms with Crippen LogP contribution in [0.5, 0.6) is 0 Å². The van der Waals surface area contributed by atoms with Crippen molar-refractivity contribution in [2.45, 2.75) is 52.4 Å². The van der Waals surface area contributed by atoms with Crippen molar-refractivity contribution in [3.05, 3.63) is 52.1 Å². The van der Waals surface area contributed by atoms with E-state index in [-0.39, 0.29) is 5.91 Å². The van der Waals surface area contributed by atoms with Crippen molar-refractivity contribution in [1.82, 2.24) is 5.32 Å². The van der Waals surface area contributed by atoms with Crippen LogP contribution < -0.4 is 11.1 Å². The summed E-state index contributed by atoms with van der Waals surface area (Å²) in [5.74, 6) is 0.546. The molecule has 4 N–H and O–H groups in total. The van der Waals surface area contributed by atoms with Gasteiger partial charge in [0.25, 0.3) is 0 Å². The highest BCUT2D eigenvalue weighted by atomic mass is 32.2. The summed E-state index contributed by atoms with van der Waals surface area (Å²) in [7, 11) is 1.00. The summed E-state index contributed by atoms with van der Waals surface area (Å²) >= 11 is 1.62. The molecule has 0 bridgehead atoms. The number of nitrogens with one attached hydrogen (secondary N) is 1. The van der Waals surface area contributed by atoms with E-state index in [2.05, 4.69) is 42.6 Å². The van der Waals surface area contributed by atoms with Crippen molar-refractivity contribution >= 4 is 22.6 Å². The Morgan fingerprint density at radius 3 is 2.62 bits per heavy atom. The van der Waals surface area contributed by atoms with E-state index in [1.54, 1.807) is 11.8 Å². The molecule has 1 atom stereocenters. The molecule has 0 radical (unpaired) electrons. The zero-order valence-corrected chi connectivity index (χ0v) is 17.2. The van der Waals surface area contributed by atoms with Gasteiger partial charge in [-0.2, -0.15) is 0 Å². The first kappa shape index (κ1) is 22.5. The van der Waals surface area contributed by atoms with E-state index in [4.69, 9.17) is 10.8 Å². The Hall–Kier alpha value is -1.56. The first-order valence-electron chi connectivity index (χ1n) is 9.16. The second kappa shape index (κ2) is 11.9. The maximum absolute atomic E-state index is 11.5. The number of thioether (sulfide) groups is 1. The van der Waals surface area contributed by atoms with Gasteiger partial charge in [-0.1, -0.05) is 61.9 Å². The van der Waals surface area contributed by atoms with Gasteiger partial charge >= 0.3 is 0 Å². The van der Waals surface area contributed by atoms with Gasteiger partial charge in [-0.25, -0.2) is 0 Å². The largest absolute Gasteiger partial charge is 0.400 e. The molecule has 144 valence electrons. The zero-order valence-electron chi connectivity index (χ0n) is 16.3. The number of carbonyl (C=O) groups excluding carboxylic acids is 1. The fourth-order valence-electron chi connectivity index (χ4n) is 2.97. The number of hydrogen-bond acceptors (Lipinski definition) is 4. The van der Waals surface area contributed by atoms with Crippen LogP contribution in [0.1, 0.15) is 63.5 Å². The zero-order chi connectivity index (χ0) is 19.5. The molecule has 0 spiro atoms. The lowest BCUT2D eigenvalue weighted by Gasteiger charge is -2.26. The van der Waals surface area contributed by atoms with Crippen molar-refractivity contribution in [3.63, 3.8) is 0 Å². The number of hydrogen-bond donors (Lipinski definition) is 3. The van der Waals surface area contributed by atoms with Gasteiger partial charge in [-0.3, -0.25) is 4.79 Å². The maximum atomic E-state index is 11.5. The predicted molar refractivity (Wildman–Crippen MR) is 113 cm³/mol. The van der Waals surface area contributed by atoms with Gasteiger partial charge < -0.3 is 16.2 Å². The van der Waals surface area contributed by atoms with Crippen LogP contribution in [0.15, 0.2) is 40.9 Å². The lowest BCUT2D eigenvalue weighted by molar-refractivity contribution is -0.118. The lowest BCUT2D eigenvalue weighted by atomic mass is 9.84. The molecular weight excluding hydrogens is 344 g/mol. The number of allylic oxidation sites excluding steroid dienone is 1. The molecule has 4 nitrogen and oxygen atoms in total. The van der Waals surface area contributed by atoms with Crippen LogP contribution in [0, 0.1) is 0 Å². The minimum atomic E-state index is -0.0594. The average Bonchev–Trinajstić information content (AvgIpc) is 2.67. The summed E-state index contributed by atoms with van der Waals surface area (Å²) in [5, 5.41) is 10.8. The van der Waals surface area contributed by atoms with E-state index in [9.17, 15) is 4.79 Å². The highest BCUT2D eigenvalue weighted by Crippen LogP contribution is 2.44. The molecule has 0 heterocycles. The second-order valence-electron chi connectivity index (χ2n) is 6.33. The Morgan fingerprint density at radius 2 is 2.00 bits per heavy atom. The number of amides is 1. The van der Waals surface area contributed by atoms with Crippen LogP contribution in [0.25, 0.3) is 4.91 Å². The van der Waals surface area contributed by atoms with Crippen LogP contribution in [0.3, 0.4) is 0 Å². The molecule has 2 rings (SSSR count). The van der Waals surface area contributed by atoms with Gasteiger partial charge in [0.15, 0.2) is 0 Å². The van der Waals surface area contributed by atoms with E-state index in [0.29, 0.717) is 12.5 Å². The fraction of sp³-hybridized carbons (Fsp3) is 0.476. The Morgan fingerprint density at radius 1 is 1.31 bits per heavy atom. The van der Waals surface area contributed by atoms with E-state index in [1.807, 2.05) is 6.92 Å². The van der Waals surface area contributed by atoms with Crippen molar-refractivity contribution in [2.24, 2.45) is 5.73 Å². The number of unbranched alkanes of at least 4 members (excludes halogenated alkanes) is 1. The number of nitrogens with two attached hydrogens (primary N) is 1. The van der Waals surface area contributed by atoms with Gasteiger partial charge in [0.05, 0.1) is 5.03 Å². The quantitative estimate of drug-likeness (QED) is 0.660. The summed E-state index contributed by atoms with van der Waals surface area (Å²) < 4.78 is 0. The highest BCUT2D eigenvalue weighted by Gasteiger charge is 2.22. The standard InChI is InChI=1S/C20H28N2OS.CH4O/c1-4-5-8-16-11-12-19(18-10-7-6-9-17(16)18)24-20(14(2)13-21)22-15(3)23;1-2/h6-7,9-10,12,16H,4-5,8,11,13,21H2,1-3H3,(H,22,23);2H,1H3/b20-14+;. The topological polar surface area (TPSA) is 75.4 Å². The minimum Gasteiger partial charge on any atom is -0.400 e. The third-order valence-corrected chi connectivity index (χ3v) is 5.62. The Kier molecular flexibility index (Phi) is 10.3. The number of rotatable bonds is 7. The molecule has 1 aromatic carbocycles. The summed E-state index contributed by atoms with van der Waals surface area (Å²) in [6.07, 6.45) is 7.11. The summed E-state index contributed by atoms with van der Waals surface area (Å²) in [5.41, 5.74) is 9.51. The molecule has 0 saturated carbocycles. The highest BCUT2D eigenvalue weighted by molar-refractivity contribution is 8.11. The van der Waals surface area contributed by atoms with E-state index in [0.717, 1.165) is 24.1 Å². The normalized spacial score (nSPS) is 16.5. The van der Waals surface area contributed by atoms with Crippen molar-refractivity contribution in [1.29, 1.82) is 0 Å². The molecule has 0 fully saturated rings. The van der Waals surface area contributed by atoms with Gasteiger partial charge in [-0.15, -0.1) is 0 Å². The molecule has 1 aromatic rings. The SMILES string of the molecule is CCCCC1CC=C(S/C(NC(C)=O)=C(\C)CN)c2ccccc21.CO. The van der Waals surface area contributed by atoms with Gasteiger partial charge in [0.1, 0.15) is 0 Å². The Labute approximate surface area is 161 Å². The molecule has 1 unspecified atom stereocenters. The molecule has 26 heavy (non-hydrogen) atoms. The first-order chi connectivity index (χ1) is 12.6. The Bertz CT molecular complexity index is 653. The van der Waals surface area contributed by atoms with Gasteiger partial charge in [0.2, 0.25) is 5.91 Å². The van der Waals surface area contributed by atoms with Crippen LogP contribution >= 0.6 is 11.8 Å². The van der Waals surface area contributed by atoms with Crippen molar-refractivity contribution in [2.75, 3.05) is 13.7 Å². The molecule has 0 aliphatic heterocycles. The molecular formula is C21H32N2O2S. The fourth-order valence-corrected chi connectivity index (χ4v) is 4.11. The minimum absolute atomic E-state index is 0.0594. The summed E-state index contributed by atoms with van der Waals surface area (Å²) in [6.45, 7) is 6.19. The van der Waals surface area contributed by atoms with Crippen molar-refractivity contribution in [3.8, 4) is 0 Å². The van der Waals surface area contributed by atoms with Crippen LogP contribution in [0.2, 0.25) is 0 Å². The maximum Gasteiger partial charge on any atom is 0.221 e. The van der Waals surface area contributed by atoms with Gasteiger partial charge in [0, 0.05) is 25.5 Å². The number of fused-ring (bicyclic) bond motifs is 1. The van der Waals surface area contributed by atoms with Gasteiger partial charge in [-0.05, 0) is 42.4 Å². The molecule has 5 heteroatoms. The summed E-state index contributed by atoms with van der Waals surface area (Å²) in [6, 6.07) is 8.66. The van der Waals surface area contributed by atoms with Crippen molar-refractivity contribution < 1.29 is 9.90 Å². The van der Waals surface area contributed by atoms with Crippen LogP contribution in [0.4, 0.5) is 0 Å². The lowest BCUT2D eigenvalue weighted by Crippen LogP contribution is -2.20. The average molecular weight is 377 g/mol. The number of aliphatic hydroxyl groups is 1. The monoisotopic (exact) mass is 376 g/mol. The molecule has 1 aliphatic rings. The Balaban J connectivity index is 0.00000163. The van der Waals surface area contributed by atoms with E-state index < -0.39 is 0 Å². The predicted octanol–water partition coefficient (Wildman–Crippen LogP) is 4.37. The number of benzene rings is 1. The summed E-state index contributed by atoms with van der Waals surface area (Å²) in [4.78, 5) is 12.7. The molecule has 1 amide bonds. The smallest absolute Gasteiger partial charge is 0.221 e. The molecule has 0 aromatic heterocycles. The van der Waals surface area contributed by atoms with E-state index in [1.165, 1.54) is 42.2 Å². The number of aliphatic hydroxyl groups excluding tert-OH is 1. The third-order valence-electron chi connectivity index (χ3n) is 4.36. The number of carbonyl (C=O) groups is 1. The van der Waals surface area contributed by atoms with Crippen LogP contribution in [-0.4, -0.2) is 24.7 Å². The van der Waals surface area contributed by atoms with E-state index >= 15 is 0 Å². The third kappa shape index (κ3) is 6.31. The van der Waals surface area contributed by atoms with Crippen LogP contribution in [-0.2, 0) is 4.79 Å². The second-order valence-corrected chi connectivity index (χ2v) is 7.38. The molecule has 1 aliphatic carbocycles. The molecule has 0 saturated heterocycles.